The van der Waals surface area contributed by atoms with E-state index in [1.807, 2.05) is 12.4 Å². The van der Waals surface area contributed by atoms with Gasteiger partial charge >= 0.3 is 0 Å². The number of ether oxygens (including phenoxy) is 1. The summed E-state index contributed by atoms with van der Waals surface area (Å²) in [7, 11) is 0. The standard InChI is InChI=1S/C31H36N2O/c1-29-12-10-24-17-23-4-5-26(33-25-6-7-25)18-30(23)13-14-31(24,34-30)28(29)9-8-27(29)21-3-2-20-11-15-32-19-22(20)16-21/h2-3,10-11,15-17,19,25-28,33H,4-9,12-14,18H2,1H3/t26-,27?,28-,29-,30-,31?/m1/s1. The van der Waals surface area contributed by atoms with E-state index in [1.165, 1.54) is 86.1 Å². The number of allylic oxidation sites excluding steroid dienone is 1. The minimum Gasteiger partial charge on any atom is -0.359 e. The summed E-state index contributed by atoms with van der Waals surface area (Å²) in [6, 6.07) is 10.7. The SMILES string of the molecule is C[C@]12CC=C3C=C4CC[C@@H](NC5CC5)C[C@]45CCC3(O5)[C@@H]1CCC2c1ccc2ccncc2c1. The van der Waals surface area contributed by atoms with Gasteiger partial charge in [0.15, 0.2) is 0 Å². The van der Waals surface area contributed by atoms with Crippen molar-refractivity contribution in [1.29, 1.82) is 0 Å². The Labute approximate surface area is 203 Å². The number of hydrogen-bond donors (Lipinski definition) is 1. The monoisotopic (exact) mass is 452 g/mol. The van der Waals surface area contributed by atoms with E-state index < -0.39 is 0 Å². The summed E-state index contributed by atoms with van der Waals surface area (Å²) < 4.78 is 7.46. The van der Waals surface area contributed by atoms with Gasteiger partial charge in [-0.2, -0.15) is 0 Å². The summed E-state index contributed by atoms with van der Waals surface area (Å²) in [6.45, 7) is 2.58. The zero-order valence-electron chi connectivity index (χ0n) is 20.4. The summed E-state index contributed by atoms with van der Waals surface area (Å²) in [4.78, 5) is 4.39. The highest BCUT2D eigenvalue weighted by Crippen LogP contribution is 2.69. The molecule has 6 atom stereocenters. The first kappa shape index (κ1) is 20.2. The van der Waals surface area contributed by atoms with Gasteiger partial charge in [-0.25, -0.2) is 0 Å². The van der Waals surface area contributed by atoms with Crippen LogP contribution in [0.4, 0.5) is 0 Å². The van der Waals surface area contributed by atoms with Crippen LogP contribution in [0.5, 0.6) is 0 Å². The lowest BCUT2D eigenvalue weighted by molar-refractivity contribution is -0.136. The number of hydrogen-bond acceptors (Lipinski definition) is 3. The van der Waals surface area contributed by atoms with Crippen molar-refractivity contribution >= 4 is 10.8 Å². The molecule has 2 aromatic rings. The highest BCUT2D eigenvalue weighted by Gasteiger charge is 2.66. The number of aromatic nitrogens is 1. The predicted octanol–water partition coefficient (Wildman–Crippen LogP) is 6.60. The highest BCUT2D eigenvalue weighted by atomic mass is 16.5. The number of benzene rings is 1. The van der Waals surface area contributed by atoms with Gasteiger partial charge < -0.3 is 10.1 Å². The molecule has 8 rings (SSSR count). The van der Waals surface area contributed by atoms with Gasteiger partial charge in [-0.1, -0.05) is 31.2 Å². The average Bonchev–Trinajstić information content (AvgIpc) is 3.52. The van der Waals surface area contributed by atoms with Crippen molar-refractivity contribution in [2.75, 3.05) is 0 Å². The van der Waals surface area contributed by atoms with Gasteiger partial charge in [0.2, 0.25) is 0 Å². The van der Waals surface area contributed by atoms with Gasteiger partial charge in [0.25, 0.3) is 0 Å². The van der Waals surface area contributed by atoms with E-state index in [4.69, 9.17) is 4.74 Å². The molecule has 1 aromatic carbocycles. The molecule has 6 aliphatic rings. The fraction of sp³-hybridized carbons (Fsp3) is 0.581. The zero-order valence-corrected chi connectivity index (χ0v) is 20.4. The number of nitrogens with one attached hydrogen (secondary N) is 1. The Morgan fingerprint density at radius 2 is 1.94 bits per heavy atom. The van der Waals surface area contributed by atoms with Crippen LogP contribution in [0.1, 0.15) is 82.6 Å². The molecular weight excluding hydrogens is 416 g/mol. The predicted molar refractivity (Wildman–Crippen MR) is 136 cm³/mol. The van der Waals surface area contributed by atoms with E-state index in [-0.39, 0.29) is 16.6 Å². The highest BCUT2D eigenvalue weighted by molar-refractivity contribution is 5.82. The van der Waals surface area contributed by atoms with Gasteiger partial charge in [-0.3, -0.25) is 4.98 Å². The minimum atomic E-state index is -0.0505. The maximum absolute atomic E-state index is 7.46. The third kappa shape index (κ3) is 2.69. The van der Waals surface area contributed by atoms with Crippen LogP contribution < -0.4 is 5.32 Å². The third-order valence-electron chi connectivity index (χ3n) is 10.8. The molecular formula is C31H36N2O. The summed E-state index contributed by atoms with van der Waals surface area (Å²) in [6.07, 6.45) is 21.7. The van der Waals surface area contributed by atoms with Crippen LogP contribution in [0.15, 0.2) is 60.0 Å². The maximum Gasteiger partial charge on any atom is 0.0974 e. The molecule has 1 saturated heterocycles. The summed E-state index contributed by atoms with van der Waals surface area (Å²) in [5, 5.41) is 6.51. The molecule has 3 heterocycles. The molecule has 2 unspecified atom stereocenters. The smallest absolute Gasteiger partial charge is 0.0974 e. The number of rotatable bonds is 3. The van der Waals surface area contributed by atoms with Crippen molar-refractivity contribution in [3.05, 3.63) is 65.5 Å². The molecule has 2 spiro atoms. The molecule has 3 nitrogen and oxygen atoms in total. The van der Waals surface area contributed by atoms with Crippen molar-refractivity contribution in [2.45, 2.75) is 100 Å². The first-order valence-electron chi connectivity index (χ1n) is 13.8. The van der Waals surface area contributed by atoms with E-state index in [1.54, 1.807) is 5.57 Å². The number of nitrogens with zero attached hydrogens (tertiary/aromatic N) is 1. The van der Waals surface area contributed by atoms with Gasteiger partial charge in [-0.05, 0) is 116 Å². The first-order chi connectivity index (χ1) is 16.6. The topological polar surface area (TPSA) is 34.1 Å². The fourth-order valence-corrected chi connectivity index (χ4v) is 9.00. The van der Waals surface area contributed by atoms with Gasteiger partial charge in [0, 0.05) is 29.9 Å². The molecule has 34 heavy (non-hydrogen) atoms. The number of fused-ring (bicyclic) bond motifs is 2. The van der Waals surface area contributed by atoms with Crippen molar-refractivity contribution in [2.24, 2.45) is 11.3 Å². The van der Waals surface area contributed by atoms with Gasteiger partial charge in [0.05, 0.1) is 11.2 Å². The van der Waals surface area contributed by atoms with Crippen LogP contribution in [-0.2, 0) is 4.74 Å². The molecule has 1 aromatic heterocycles. The van der Waals surface area contributed by atoms with Crippen LogP contribution in [0.3, 0.4) is 0 Å². The molecule has 4 fully saturated rings. The Kier molecular flexibility index (Phi) is 4.06. The quantitative estimate of drug-likeness (QED) is 0.570. The van der Waals surface area contributed by atoms with Crippen LogP contribution in [-0.4, -0.2) is 28.3 Å². The van der Waals surface area contributed by atoms with Crippen LogP contribution >= 0.6 is 0 Å². The summed E-state index contributed by atoms with van der Waals surface area (Å²) in [5.41, 5.74) is 4.87. The minimum absolute atomic E-state index is 0.00705. The third-order valence-corrected chi connectivity index (χ3v) is 10.8. The van der Waals surface area contributed by atoms with Gasteiger partial charge in [0.1, 0.15) is 0 Å². The second-order valence-electron chi connectivity index (χ2n) is 12.6. The molecule has 2 aliphatic heterocycles. The zero-order chi connectivity index (χ0) is 22.5. The second kappa shape index (κ2) is 6.83. The fourth-order valence-electron chi connectivity index (χ4n) is 9.00. The maximum atomic E-state index is 7.46. The Morgan fingerprint density at radius 3 is 2.85 bits per heavy atom. The van der Waals surface area contributed by atoms with Crippen molar-refractivity contribution in [1.82, 2.24) is 10.3 Å². The van der Waals surface area contributed by atoms with E-state index in [0.717, 1.165) is 6.04 Å². The van der Waals surface area contributed by atoms with E-state index >= 15 is 0 Å². The average molecular weight is 453 g/mol. The van der Waals surface area contributed by atoms with Crippen LogP contribution in [0.2, 0.25) is 0 Å². The van der Waals surface area contributed by atoms with Crippen LogP contribution in [0.25, 0.3) is 10.8 Å². The normalized spacial score (nSPS) is 42.6. The number of pyridine rings is 1. The molecule has 3 heteroatoms. The van der Waals surface area contributed by atoms with E-state index in [9.17, 15) is 0 Å². The lowest BCUT2D eigenvalue weighted by Gasteiger charge is -2.54. The van der Waals surface area contributed by atoms with Crippen molar-refractivity contribution in [3.8, 4) is 0 Å². The van der Waals surface area contributed by atoms with Crippen molar-refractivity contribution < 1.29 is 4.74 Å². The molecule has 176 valence electrons. The Balaban J connectivity index is 1.15. The molecule has 4 aliphatic carbocycles. The second-order valence-corrected chi connectivity index (χ2v) is 12.6. The van der Waals surface area contributed by atoms with E-state index in [2.05, 4.69) is 53.6 Å². The Morgan fingerprint density at radius 1 is 1.00 bits per heavy atom. The largest absolute Gasteiger partial charge is 0.359 e. The molecule has 0 radical (unpaired) electrons. The molecule has 0 amide bonds. The summed E-state index contributed by atoms with van der Waals surface area (Å²) in [5.74, 6) is 1.21. The Hall–Kier alpha value is -1.97. The molecule has 1 N–H and O–H groups in total. The van der Waals surface area contributed by atoms with Gasteiger partial charge in [-0.15, -0.1) is 0 Å². The summed E-state index contributed by atoms with van der Waals surface area (Å²) >= 11 is 0. The molecule has 3 saturated carbocycles. The lowest BCUT2D eigenvalue weighted by Crippen LogP contribution is -2.55. The van der Waals surface area contributed by atoms with Crippen LogP contribution in [0, 0.1) is 11.3 Å². The lowest BCUT2D eigenvalue weighted by atomic mass is 9.58. The first-order valence-corrected chi connectivity index (χ1v) is 13.8. The van der Waals surface area contributed by atoms with Crippen molar-refractivity contribution in [3.63, 3.8) is 0 Å². The molecule has 2 bridgehead atoms. The Bertz CT molecular complexity index is 1240. The van der Waals surface area contributed by atoms with E-state index in [0.29, 0.717) is 17.9 Å².